The molecule has 1 unspecified atom stereocenters. The van der Waals surface area contributed by atoms with Crippen LogP contribution >= 0.6 is 0 Å². The molecule has 1 aliphatic heterocycles. The summed E-state index contributed by atoms with van der Waals surface area (Å²) in [5, 5.41) is 2.90. The first-order chi connectivity index (χ1) is 13.4. The number of likely N-dealkylation sites (tertiary alicyclic amines) is 1. The van der Waals surface area contributed by atoms with Gasteiger partial charge in [-0.05, 0) is 43.0 Å². The van der Waals surface area contributed by atoms with Crippen molar-refractivity contribution in [3.8, 4) is 0 Å². The Balaban J connectivity index is 1.51. The van der Waals surface area contributed by atoms with Gasteiger partial charge in [0.25, 0.3) is 0 Å². The monoisotopic (exact) mass is 383 g/mol. The van der Waals surface area contributed by atoms with Gasteiger partial charge < -0.3 is 16.0 Å². The number of benzene rings is 2. The summed E-state index contributed by atoms with van der Waals surface area (Å²) in [4.78, 5) is 27.1. The van der Waals surface area contributed by atoms with Crippen LogP contribution in [0.1, 0.15) is 30.9 Å². The predicted octanol–water partition coefficient (Wildman–Crippen LogP) is 2.55. The van der Waals surface area contributed by atoms with Crippen LogP contribution in [0, 0.1) is 11.7 Å². The molecule has 0 bridgehead atoms. The lowest BCUT2D eigenvalue weighted by Gasteiger charge is -2.36. The molecule has 1 fully saturated rings. The van der Waals surface area contributed by atoms with Gasteiger partial charge in [-0.2, -0.15) is 0 Å². The molecule has 3 N–H and O–H groups in total. The lowest BCUT2D eigenvalue weighted by atomic mass is 9.89. The molecule has 1 heterocycles. The molecule has 5 nitrogen and oxygen atoms in total. The third-order valence-corrected chi connectivity index (χ3v) is 5.35. The molecule has 0 radical (unpaired) electrons. The molecular formula is C22H26FN3O2. The van der Waals surface area contributed by atoms with Crippen molar-refractivity contribution in [2.75, 3.05) is 13.1 Å². The van der Waals surface area contributed by atoms with Gasteiger partial charge in [-0.3, -0.25) is 9.59 Å². The number of nitrogens with one attached hydrogen (secondary N) is 1. The molecule has 28 heavy (non-hydrogen) atoms. The quantitative estimate of drug-likeness (QED) is 0.833. The number of nitrogens with two attached hydrogens (primary N) is 1. The first kappa shape index (κ1) is 20.0. The van der Waals surface area contributed by atoms with Crippen molar-refractivity contribution >= 4 is 11.8 Å². The first-order valence-electron chi connectivity index (χ1n) is 9.54. The fraction of sp³-hybridized carbons (Fsp3) is 0.364. The zero-order chi connectivity index (χ0) is 20.1. The number of rotatable bonds is 5. The summed E-state index contributed by atoms with van der Waals surface area (Å²) < 4.78 is 12.9. The number of hydrogen-bond donors (Lipinski definition) is 2. The second-order valence-corrected chi connectivity index (χ2v) is 7.48. The van der Waals surface area contributed by atoms with E-state index in [1.807, 2.05) is 30.3 Å². The van der Waals surface area contributed by atoms with Gasteiger partial charge >= 0.3 is 0 Å². The van der Waals surface area contributed by atoms with Gasteiger partial charge in [-0.1, -0.05) is 42.5 Å². The van der Waals surface area contributed by atoms with Crippen molar-refractivity contribution in [3.05, 3.63) is 71.5 Å². The highest BCUT2D eigenvalue weighted by Crippen LogP contribution is 2.24. The average molecular weight is 383 g/mol. The standard InChI is InChI=1S/C22H26FN3O2/c1-22(24,18-5-3-2-4-6-18)21(28)26-13-11-17(12-14-26)20(27)25-15-16-7-9-19(23)10-8-16/h2-10,17H,11-15,24H2,1H3,(H,25,27). The van der Waals surface area contributed by atoms with Crippen molar-refractivity contribution in [1.82, 2.24) is 10.2 Å². The van der Waals surface area contributed by atoms with Crippen molar-refractivity contribution in [3.63, 3.8) is 0 Å². The van der Waals surface area contributed by atoms with E-state index in [9.17, 15) is 14.0 Å². The Morgan fingerprint density at radius 3 is 2.32 bits per heavy atom. The largest absolute Gasteiger partial charge is 0.352 e. The summed E-state index contributed by atoms with van der Waals surface area (Å²) in [7, 11) is 0. The topological polar surface area (TPSA) is 75.4 Å². The van der Waals surface area contributed by atoms with E-state index in [1.54, 1.807) is 24.0 Å². The molecular weight excluding hydrogens is 357 g/mol. The Morgan fingerprint density at radius 2 is 1.71 bits per heavy atom. The minimum Gasteiger partial charge on any atom is -0.352 e. The maximum atomic E-state index is 12.9. The summed E-state index contributed by atoms with van der Waals surface area (Å²) in [5.41, 5.74) is 6.88. The number of piperidine rings is 1. The van der Waals surface area contributed by atoms with E-state index in [2.05, 4.69) is 5.32 Å². The Morgan fingerprint density at radius 1 is 1.11 bits per heavy atom. The van der Waals surface area contributed by atoms with Crippen LogP contribution < -0.4 is 11.1 Å². The normalized spacial score (nSPS) is 17.0. The Kier molecular flexibility index (Phi) is 6.09. The molecule has 1 aliphatic rings. The molecule has 2 amide bonds. The molecule has 0 aromatic heterocycles. The van der Waals surface area contributed by atoms with Crippen molar-refractivity contribution < 1.29 is 14.0 Å². The number of carbonyl (C=O) groups excluding carboxylic acids is 2. The van der Waals surface area contributed by atoms with Gasteiger partial charge in [0.2, 0.25) is 11.8 Å². The third-order valence-electron chi connectivity index (χ3n) is 5.35. The van der Waals surface area contributed by atoms with E-state index in [-0.39, 0.29) is 23.5 Å². The van der Waals surface area contributed by atoms with Gasteiger partial charge in [0.1, 0.15) is 11.4 Å². The minimum atomic E-state index is -1.08. The fourth-order valence-electron chi connectivity index (χ4n) is 3.52. The highest BCUT2D eigenvalue weighted by atomic mass is 19.1. The molecule has 1 atom stereocenters. The average Bonchev–Trinajstić information content (AvgIpc) is 2.73. The molecule has 0 saturated carbocycles. The van der Waals surface area contributed by atoms with Gasteiger partial charge in [0.15, 0.2) is 0 Å². The summed E-state index contributed by atoms with van der Waals surface area (Å²) in [6.45, 7) is 3.11. The van der Waals surface area contributed by atoms with E-state index in [1.165, 1.54) is 12.1 Å². The summed E-state index contributed by atoms with van der Waals surface area (Å²) in [5.74, 6) is -0.585. The zero-order valence-electron chi connectivity index (χ0n) is 16.0. The minimum absolute atomic E-state index is 0.0324. The summed E-state index contributed by atoms with van der Waals surface area (Å²) in [6.07, 6.45) is 1.21. The fourth-order valence-corrected chi connectivity index (χ4v) is 3.52. The van der Waals surface area contributed by atoms with Crippen molar-refractivity contribution in [2.24, 2.45) is 11.7 Å². The van der Waals surface area contributed by atoms with Gasteiger partial charge in [0, 0.05) is 25.6 Å². The lowest BCUT2D eigenvalue weighted by molar-refractivity contribution is -0.140. The summed E-state index contributed by atoms with van der Waals surface area (Å²) >= 11 is 0. The van der Waals surface area contributed by atoms with Gasteiger partial charge in [0.05, 0.1) is 0 Å². The number of nitrogens with zero attached hydrogens (tertiary/aromatic N) is 1. The highest BCUT2D eigenvalue weighted by molar-refractivity contribution is 5.87. The molecule has 148 valence electrons. The Hall–Kier alpha value is -2.73. The third kappa shape index (κ3) is 4.57. The number of carbonyl (C=O) groups is 2. The van der Waals surface area contributed by atoms with Crippen LogP contribution in [0.25, 0.3) is 0 Å². The van der Waals surface area contributed by atoms with Crippen LogP contribution in [0.5, 0.6) is 0 Å². The van der Waals surface area contributed by atoms with Crippen molar-refractivity contribution in [2.45, 2.75) is 31.8 Å². The molecule has 6 heteroatoms. The van der Waals surface area contributed by atoms with Gasteiger partial charge in [-0.25, -0.2) is 4.39 Å². The van der Waals surface area contributed by atoms with Crippen LogP contribution in [0.2, 0.25) is 0 Å². The second kappa shape index (κ2) is 8.52. The number of halogens is 1. The van der Waals surface area contributed by atoms with Crippen LogP contribution in [0.15, 0.2) is 54.6 Å². The molecule has 3 rings (SSSR count). The highest BCUT2D eigenvalue weighted by Gasteiger charge is 2.36. The zero-order valence-corrected chi connectivity index (χ0v) is 16.0. The van der Waals surface area contributed by atoms with E-state index >= 15 is 0 Å². The maximum Gasteiger partial charge on any atom is 0.246 e. The molecule has 0 aliphatic carbocycles. The number of amides is 2. The van der Waals surface area contributed by atoms with E-state index in [4.69, 9.17) is 5.73 Å². The smallest absolute Gasteiger partial charge is 0.246 e. The second-order valence-electron chi connectivity index (χ2n) is 7.48. The van der Waals surface area contributed by atoms with Crippen LogP contribution in [0.4, 0.5) is 4.39 Å². The summed E-state index contributed by atoms with van der Waals surface area (Å²) in [6, 6.07) is 15.4. The van der Waals surface area contributed by atoms with E-state index in [0.29, 0.717) is 32.5 Å². The van der Waals surface area contributed by atoms with E-state index < -0.39 is 5.54 Å². The van der Waals surface area contributed by atoms with Gasteiger partial charge in [-0.15, -0.1) is 0 Å². The van der Waals surface area contributed by atoms with Crippen LogP contribution in [-0.2, 0) is 21.7 Å². The Bertz CT molecular complexity index is 813. The van der Waals surface area contributed by atoms with Crippen molar-refractivity contribution in [1.29, 1.82) is 0 Å². The first-order valence-corrected chi connectivity index (χ1v) is 9.54. The number of hydrogen-bond acceptors (Lipinski definition) is 3. The Labute approximate surface area is 164 Å². The SMILES string of the molecule is CC(N)(C(=O)N1CCC(C(=O)NCc2ccc(F)cc2)CC1)c1ccccc1. The maximum absolute atomic E-state index is 12.9. The molecule has 0 spiro atoms. The van der Waals surface area contributed by atoms with Crippen LogP contribution in [-0.4, -0.2) is 29.8 Å². The predicted molar refractivity (Wildman–Crippen MR) is 106 cm³/mol. The molecule has 2 aromatic rings. The lowest BCUT2D eigenvalue weighted by Crippen LogP contribution is -2.53. The van der Waals surface area contributed by atoms with E-state index in [0.717, 1.165) is 11.1 Å². The van der Waals surface area contributed by atoms with Crippen LogP contribution in [0.3, 0.4) is 0 Å². The molecule has 2 aromatic carbocycles. The molecule has 1 saturated heterocycles.